The second-order valence-electron chi connectivity index (χ2n) is 4.16. The maximum absolute atomic E-state index is 10.6. The molecule has 0 saturated carbocycles. The molecule has 1 aromatic carbocycles. The molecule has 0 bridgehead atoms. The van der Waals surface area contributed by atoms with E-state index in [0.717, 1.165) is 12.0 Å². The average Bonchev–Trinajstić information content (AvgIpc) is 2.17. The lowest BCUT2D eigenvalue weighted by Crippen LogP contribution is -2.13. The second-order valence-corrected chi connectivity index (χ2v) is 4.16. The van der Waals surface area contributed by atoms with Crippen LogP contribution in [0.1, 0.15) is 42.2 Å². The Labute approximate surface area is 102 Å². The van der Waals surface area contributed by atoms with Crippen LogP contribution in [-0.2, 0) is 0 Å². The first-order chi connectivity index (χ1) is 7.00. The summed E-state index contributed by atoms with van der Waals surface area (Å²) in [5.74, 6) is -0.363. The molecule has 90 valence electrons. The zero-order valence-electron chi connectivity index (χ0n) is 9.51. The Morgan fingerprint density at radius 3 is 2.19 bits per heavy atom. The van der Waals surface area contributed by atoms with Gasteiger partial charge in [-0.05, 0) is 30.0 Å². The van der Waals surface area contributed by atoms with Crippen LogP contribution in [0.5, 0.6) is 0 Å². The van der Waals surface area contributed by atoms with E-state index in [0.29, 0.717) is 11.5 Å². The number of carboxylic acids is 1. The molecule has 3 nitrogen and oxygen atoms in total. The molecule has 0 spiro atoms. The minimum absolute atomic E-state index is 0. The predicted octanol–water partition coefficient (Wildman–Crippen LogP) is 2.85. The van der Waals surface area contributed by atoms with Crippen LogP contribution in [0.2, 0.25) is 0 Å². The third kappa shape index (κ3) is 4.21. The highest BCUT2D eigenvalue weighted by Gasteiger charge is 2.09. The summed E-state index contributed by atoms with van der Waals surface area (Å²) in [6, 6.07) is 6.76. The fraction of sp³-hybridized carbons (Fsp3) is 0.417. The van der Waals surface area contributed by atoms with E-state index in [2.05, 4.69) is 13.8 Å². The number of benzene rings is 1. The van der Waals surface area contributed by atoms with Crippen LogP contribution in [0.25, 0.3) is 0 Å². The number of rotatable bonds is 4. The van der Waals surface area contributed by atoms with Gasteiger partial charge in [-0.2, -0.15) is 0 Å². The van der Waals surface area contributed by atoms with Gasteiger partial charge in [-0.25, -0.2) is 4.79 Å². The van der Waals surface area contributed by atoms with Gasteiger partial charge in [-0.1, -0.05) is 26.0 Å². The number of carbonyl (C=O) groups is 1. The third-order valence-electron chi connectivity index (χ3n) is 2.31. The zero-order valence-corrected chi connectivity index (χ0v) is 10.3. The van der Waals surface area contributed by atoms with Gasteiger partial charge >= 0.3 is 5.97 Å². The first-order valence-corrected chi connectivity index (χ1v) is 5.09. The van der Waals surface area contributed by atoms with Crippen molar-refractivity contribution in [3.63, 3.8) is 0 Å². The SMILES string of the molecule is CC(C)C[C@H](N)c1ccc(C(=O)O)cc1.Cl. The van der Waals surface area contributed by atoms with Crippen molar-refractivity contribution in [2.24, 2.45) is 11.7 Å². The number of hydrogen-bond donors (Lipinski definition) is 2. The van der Waals surface area contributed by atoms with Gasteiger partial charge in [0.1, 0.15) is 0 Å². The number of halogens is 1. The fourth-order valence-electron chi connectivity index (χ4n) is 1.52. The van der Waals surface area contributed by atoms with Crippen LogP contribution in [0.4, 0.5) is 0 Å². The van der Waals surface area contributed by atoms with Crippen LogP contribution in [0, 0.1) is 5.92 Å². The molecule has 1 aromatic rings. The molecule has 0 aliphatic carbocycles. The Bertz CT molecular complexity index is 335. The van der Waals surface area contributed by atoms with E-state index in [-0.39, 0.29) is 18.4 Å². The monoisotopic (exact) mass is 243 g/mol. The van der Waals surface area contributed by atoms with Crippen molar-refractivity contribution in [3.05, 3.63) is 35.4 Å². The lowest BCUT2D eigenvalue weighted by Gasteiger charge is -2.14. The molecule has 4 heteroatoms. The van der Waals surface area contributed by atoms with E-state index in [9.17, 15) is 4.79 Å². The third-order valence-corrected chi connectivity index (χ3v) is 2.31. The standard InChI is InChI=1S/C12H17NO2.ClH/c1-8(2)7-11(13)9-3-5-10(6-4-9)12(14)15;/h3-6,8,11H,7,13H2,1-2H3,(H,14,15);1H/t11-;/m0./s1. The quantitative estimate of drug-likeness (QED) is 0.855. The molecule has 0 heterocycles. The Morgan fingerprint density at radius 1 is 1.31 bits per heavy atom. The summed E-state index contributed by atoms with van der Waals surface area (Å²) in [6.45, 7) is 4.23. The van der Waals surface area contributed by atoms with Crippen molar-refractivity contribution in [1.82, 2.24) is 0 Å². The number of nitrogens with two attached hydrogens (primary N) is 1. The molecular weight excluding hydrogens is 226 g/mol. The Kier molecular flexibility index (Phi) is 6.08. The molecule has 0 radical (unpaired) electrons. The molecule has 1 atom stereocenters. The van der Waals surface area contributed by atoms with Crippen LogP contribution in [0.15, 0.2) is 24.3 Å². The molecule has 16 heavy (non-hydrogen) atoms. The molecule has 3 N–H and O–H groups in total. The minimum Gasteiger partial charge on any atom is -0.478 e. The highest BCUT2D eigenvalue weighted by molar-refractivity contribution is 5.87. The highest BCUT2D eigenvalue weighted by Crippen LogP contribution is 2.18. The largest absolute Gasteiger partial charge is 0.478 e. The molecule has 0 aliphatic rings. The summed E-state index contributed by atoms with van der Waals surface area (Å²) in [7, 11) is 0. The van der Waals surface area contributed by atoms with Gasteiger partial charge in [0.05, 0.1) is 5.56 Å². The lowest BCUT2D eigenvalue weighted by atomic mass is 9.97. The van der Waals surface area contributed by atoms with Gasteiger partial charge in [-0.15, -0.1) is 12.4 Å². The van der Waals surface area contributed by atoms with E-state index in [1.165, 1.54) is 0 Å². The molecule has 0 aromatic heterocycles. The van der Waals surface area contributed by atoms with Crippen LogP contribution in [0.3, 0.4) is 0 Å². The smallest absolute Gasteiger partial charge is 0.335 e. The highest BCUT2D eigenvalue weighted by atomic mass is 35.5. The summed E-state index contributed by atoms with van der Waals surface area (Å²) >= 11 is 0. The fourth-order valence-corrected chi connectivity index (χ4v) is 1.52. The van der Waals surface area contributed by atoms with Crippen molar-refractivity contribution in [1.29, 1.82) is 0 Å². The molecule has 1 rings (SSSR count). The number of hydrogen-bond acceptors (Lipinski definition) is 2. The van der Waals surface area contributed by atoms with Crippen molar-refractivity contribution in [2.45, 2.75) is 26.3 Å². The van der Waals surface area contributed by atoms with Gasteiger partial charge in [0.25, 0.3) is 0 Å². The summed E-state index contributed by atoms with van der Waals surface area (Å²) in [6.07, 6.45) is 0.909. The van der Waals surface area contributed by atoms with Crippen molar-refractivity contribution < 1.29 is 9.90 Å². The molecular formula is C12H18ClNO2. The first kappa shape index (κ1) is 14.9. The molecule has 0 unspecified atom stereocenters. The number of aromatic carboxylic acids is 1. The Morgan fingerprint density at radius 2 is 1.81 bits per heavy atom. The second kappa shape index (κ2) is 6.51. The maximum atomic E-state index is 10.6. The van der Waals surface area contributed by atoms with E-state index in [1.807, 2.05) is 0 Å². The van der Waals surface area contributed by atoms with E-state index < -0.39 is 5.97 Å². The van der Waals surface area contributed by atoms with Gasteiger partial charge in [0.15, 0.2) is 0 Å². The van der Waals surface area contributed by atoms with Crippen LogP contribution in [-0.4, -0.2) is 11.1 Å². The summed E-state index contributed by atoms with van der Waals surface area (Å²) in [4.78, 5) is 10.6. The average molecular weight is 244 g/mol. The normalized spacial score (nSPS) is 12.0. The van der Waals surface area contributed by atoms with E-state index >= 15 is 0 Å². The summed E-state index contributed by atoms with van der Waals surface area (Å²) in [5, 5.41) is 8.73. The first-order valence-electron chi connectivity index (χ1n) is 5.09. The molecule has 0 fully saturated rings. The predicted molar refractivity (Wildman–Crippen MR) is 67.0 cm³/mol. The van der Waals surface area contributed by atoms with Gasteiger partial charge in [0, 0.05) is 6.04 Å². The van der Waals surface area contributed by atoms with Gasteiger partial charge in [0.2, 0.25) is 0 Å². The van der Waals surface area contributed by atoms with E-state index in [4.69, 9.17) is 10.8 Å². The lowest BCUT2D eigenvalue weighted by molar-refractivity contribution is 0.0697. The summed E-state index contributed by atoms with van der Waals surface area (Å²) < 4.78 is 0. The maximum Gasteiger partial charge on any atom is 0.335 e. The van der Waals surface area contributed by atoms with Crippen molar-refractivity contribution in [2.75, 3.05) is 0 Å². The summed E-state index contributed by atoms with van der Waals surface area (Å²) in [5.41, 5.74) is 7.27. The molecule has 0 aliphatic heterocycles. The molecule has 0 amide bonds. The minimum atomic E-state index is -0.904. The van der Waals surface area contributed by atoms with Crippen LogP contribution < -0.4 is 5.73 Å². The Balaban J connectivity index is 0.00000225. The molecule has 0 saturated heterocycles. The van der Waals surface area contributed by atoms with Crippen molar-refractivity contribution >= 4 is 18.4 Å². The zero-order chi connectivity index (χ0) is 11.4. The van der Waals surface area contributed by atoms with E-state index in [1.54, 1.807) is 24.3 Å². The van der Waals surface area contributed by atoms with Crippen molar-refractivity contribution in [3.8, 4) is 0 Å². The van der Waals surface area contributed by atoms with Gasteiger partial charge < -0.3 is 10.8 Å². The van der Waals surface area contributed by atoms with Gasteiger partial charge in [-0.3, -0.25) is 0 Å². The van der Waals surface area contributed by atoms with Crippen LogP contribution >= 0.6 is 12.4 Å². The number of carboxylic acid groups (broad SMARTS) is 1. The topological polar surface area (TPSA) is 63.3 Å². The Hall–Kier alpha value is -1.06.